The van der Waals surface area contributed by atoms with Crippen molar-refractivity contribution in [2.75, 3.05) is 0 Å². The third-order valence-electron chi connectivity index (χ3n) is 5.28. The number of fused-ring (bicyclic) bond motifs is 3. The van der Waals surface area contributed by atoms with Gasteiger partial charge in [-0.2, -0.15) is 14.7 Å². The van der Waals surface area contributed by atoms with Crippen LogP contribution in [0.1, 0.15) is 6.92 Å². The summed E-state index contributed by atoms with van der Waals surface area (Å²) in [5, 5.41) is 9.63. The molecule has 0 unspecified atom stereocenters. The van der Waals surface area contributed by atoms with Crippen LogP contribution in [0.3, 0.4) is 0 Å². The average Bonchev–Trinajstić information content (AvgIpc) is 3.48. The standard InChI is InChI=1S/C22H16N6O2/c1-2-27-18-8-7-13(9-14(18)11-23-27)17-10-20(29)28-21(25-17)15(12-24-28)22-26-16-5-3-4-6-19(16)30-22/h3-12,25H,2H2,1H3. The molecule has 30 heavy (non-hydrogen) atoms. The number of aryl methyl sites for hydroxylation is 1. The summed E-state index contributed by atoms with van der Waals surface area (Å²) in [5.74, 6) is 0.415. The number of benzene rings is 2. The summed E-state index contributed by atoms with van der Waals surface area (Å²) in [6.07, 6.45) is 3.43. The Morgan fingerprint density at radius 3 is 2.83 bits per heavy atom. The van der Waals surface area contributed by atoms with E-state index < -0.39 is 0 Å². The van der Waals surface area contributed by atoms with Crippen molar-refractivity contribution in [3.63, 3.8) is 0 Å². The molecule has 1 N–H and O–H groups in total. The molecule has 146 valence electrons. The van der Waals surface area contributed by atoms with Gasteiger partial charge in [0.15, 0.2) is 11.2 Å². The van der Waals surface area contributed by atoms with Crippen LogP contribution in [0.2, 0.25) is 0 Å². The van der Waals surface area contributed by atoms with Crippen molar-refractivity contribution in [2.45, 2.75) is 13.5 Å². The highest BCUT2D eigenvalue weighted by atomic mass is 16.3. The van der Waals surface area contributed by atoms with Crippen molar-refractivity contribution >= 4 is 27.6 Å². The lowest BCUT2D eigenvalue weighted by atomic mass is 10.1. The molecule has 4 heterocycles. The quantitative estimate of drug-likeness (QED) is 0.490. The minimum absolute atomic E-state index is 0.231. The Balaban J connectivity index is 1.54. The van der Waals surface area contributed by atoms with Gasteiger partial charge < -0.3 is 9.40 Å². The van der Waals surface area contributed by atoms with Crippen LogP contribution in [-0.2, 0) is 6.54 Å². The normalized spacial score (nSPS) is 11.8. The molecule has 0 atom stereocenters. The molecule has 0 saturated heterocycles. The predicted molar refractivity (Wildman–Crippen MR) is 113 cm³/mol. The van der Waals surface area contributed by atoms with Gasteiger partial charge in [-0.3, -0.25) is 9.48 Å². The molecule has 2 aromatic carbocycles. The highest BCUT2D eigenvalue weighted by Crippen LogP contribution is 2.28. The first-order valence-electron chi connectivity index (χ1n) is 9.64. The van der Waals surface area contributed by atoms with Gasteiger partial charge in [0.25, 0.3) is 5.56 Å². The molecule has 0 fully saturated rings. The zero-order chi connectivity index (χ0) is 20.2. The van der Waals surface area contributed by atoms with E-state index in [1.165, 1.54) is 4.52 Å². The van der Waals surface area contributed by atoms with E-state index in [0.29, 0.717) is 28.4 Å². The highest BCUT2D eigenvalue weighted by Gasteiger charge is 2.16. The monoisotopic (exact) mass is 396 g/mol. The van der Waals surface area contributed by atoms with Gasteiger partial charge >= 0.3 is 0 Å². The van der Waals surface area contributed by atoms with Crippen LogP contribution in [0.5, 0.6) is 0 Å². The van der Waals surface area contributed by atoms with Crippen LogP contribution in [0, 0.1) is 0 Å². The van der Waals surface area contributed by atoms with E-state index in [1.54, 1.807) is 12.3 Å². The lowest BCUT2D eigenvalue weighted by Crippen LogP contribution is -2.14. The number of aromatic amines is 1. The number of nitrogens with one attached hydrogen (secondary N) is 1. The first-order valence-corrected chi connectivity index (χ1v) is 9.64. The van der Waals surface area contributed by atoms with E-state index in [9.17, 15) is 4.79 Å². The largest absolute Gasteiger partial charge is 0.436 e. The SMILES string of the molecule is CCn1ncc2cc(-c3cc(=O)n4ncc(-c5nc6ccccc6o5)c4[nH]3)ccc21. The van der Waals surface area contributed by atoms with Crippen molar-refractivity contribution in [1.29, 1.82) is 0 Å². The van der Waals surface area contributed by atoms with E-state index in [-0.39, 0.29) is 5.56 Å². The third kappa shape index (κ3) is 2.40. The first-order chi connectivity index (χ1) is 14.7. The van der Waals surface area contributed by atoms with Gasteiger partial charge in [-0.05, 0) is 36.8 Å². The van der Waals surface area contributed by atoms with E-state index in [4.69, 9.17) is 4.42 Å². The van der Waals surface area contributed by atoms with Crippen molar-refractivity contribution in [2.24, 2.45) is 0 Å². The molecular formula is C22H16N6O2. The number of rotatable bonds is 3. The molecule has 0 aliphatic rings. The Bertz CT molecular complexity index is 1580. The first kappa shape index (κ1) is 16.7. The molecule has 0 radical (unpaired) electrons. The molecule has 0 spiro atoms. The van der Waals surface area contributed by atoms with Crippen molar-refractivity contribution < 1.29 is 4.42 Å². The number of aromatic nitrogens is 6. The van der Waals surface area contributed by atoms with E-state index in [0.717, 1.165) is 28.5 Å². The molecule has 0 aliphatic carbocycles. The second-order valence-corrected chi connectivity index (χ2v) is 7.06. The molecule has 0 bridgehead atoms. The molecule has 8 heteroatoms. The van der Waals surface area contributed by atoms with Gasteiger partial charge in [0.1, 0.15) is 11.1 Å². The smallest absolute Gasteiger partial charge is 0.274 e. The second kappa shape index (κ2) is 6.15. The average molecular weight is 396 g/mol. The Hall–Kier alpha value is -4.20. The number of H-pyrrole nitrogens is 1. The maximum atomic E-state index is 12.7. The highest BCUT2D eigenvalue weighted by molar-refractivity contribution is 5.85. The molecule has 6 rings (SSSR count). The van der Waals surface area contributed by atoms with Gasteiger partial charge in [-0.1, -0.05) is 18.2 Å². The van der Waals surface area contributed by atoms with Gasteiger partial charge in [0.05, 0.1) is 23.6 Å². The Kier molecular flexibility index (Phi) is 3.43. The van der Waals surface area contributed by atoms with Crippen LogP contribution in [0.4, 0.5) is 0 Å². The summed E-state index contributed by atoms with van der Waals surface area (Å²) in [4.78, 5) is 20.6. The Morgan fingerprint density at radius 2 is 1.97 bits per heavy atom. The lowest BCUT2D eigenvalue weighted by molar-refractivity contribution is 0.620. The molecular weight excluding hydrogens is 380 g/mol. The van der Waals surface area contributed by atoms with Gasteiger partial charge in [-0.25, -0.2) is 4.98 Å². The fourth-order valence-corrected chi connectivity index (χ4v) is 3.79. The topological polar surface area (TPSA) is 94.0 Å². The van der Waals surface area contributed by atoms with Crippen molar-refractivity contribution in [1.82, 2.24) is 29.4 Å². The zero-order valence-corrected chi connectivity index (χ0v) is 16.0. The summed E-state index contributed by atoms with van der Waals surface area (Å²) in [6.45, 7) is 2.86. The van der Waals surface area contributed by atoms with Crippen LogP contribution >= 0.6 is 0 Å². The maximum absolute atomic E-state index is 12.7. The minimum atomic E-state index is -0.231. The summed E-state index contributed by atoms with van der Waals surface area (Å²) >= 11 is 0. The molecule has 0 saturated carbocycles. The van der Waals surface area contributed by atoms with Crippen LogP contribution in [-0.4, -0.2) is 29.4 Å². The molecule has 0 aliphatic heterocycles. The van der Waals surface area contributed by atoms with Gasteiger partial charge in [0, 0.05) is 18.0 Å². The lowest BCUT2D eigenvalue weighted by Gasteiger charge is -2.05. The van der Waals surface area contributed by atoms with Gasteiger partial charge in [0.2, 0.25) is 5.89 Å². The van der Waals surface area contributed by atoms with Crippen molar-refractivity contribution in [3.8, 4) is 22.7 Å². The summed E-state index contributed by atoms with van der Waals surface area (Å²) in [6, 6.07) is 15.1. The Morgan fingerprint density at radius 1 is 1.07 bits per heavy atom. The van der Waals surface area contributed by atoms with Crippen LogP contribution in [0.25, 0.3) is 50.4 Å². The fourth-order valence-electron chi connectivity index (χ4n) is 3.79. The molecule has 6 aromatic rings. The van der Waals surface area contributed by atoms with E-state index >= 15 is 0 Å². The fraction of sp³-hybridized carbons (Fsp3) is 0.0909. The molecule has 4 aromatic heterocycles. The summed E-state index contributed by atoms with van der Waals surface area (Å²) in [5.41, 5.74) is 5.01. The number of hydrogen-bond donors (Lipinski definition) is 1. The third-order valence-corrected chi connectivity index (χ3v) is 5.28. The minimum Gasteiger partial charge on any atom is -0.436 e. The van der Waals surface area contributed by atoms with Gasteiger partial charge in [-0.15, -0.1) is 0 Å². The molecule has 8 nitrogen and oxygen atoms in total. The van der Waals surface area contributed by atoms with Crippen molar-refractivity contribution in [3.05, 3.63) is 71.3 Å². The Labute approximate surface area is 169 Å². The number of hydrogen-bond acceptors (Lipinski definition) is 5. The summed E-state index contributed by atoms with van der Waals surface area (Å²) in [7, 11) is 0. The molecule has 0 amide bonds. The number of nitrogens with zero attached hydrogens (tertiary/aromatic N) is 5. The predicted octanol–water partition coefficient (Wildman–Crippen LogP) is 3.87. The van der Waals surface area contributed by atoms with E-state index in [2.05, 4.69) is 27.1 Å². The maximum Gasteiger partial charge on any atom is 0.274 e. The summed E-state index contributed by atoms with van der Waals surface area (Å²) < 4.78 is 9.14. The second-order valence-electron chi connectivity index (χ2n) is 7.06. The zero-order valence-electron chi connectivity index (χ0n) is 16.0. The van der Waals surface area contributed by atoms with Crippen LogP contribution < -0.4 is 5.56 Å². The number of para-hydroxylation sites is 2. The number of oxazole rings is 1. The van der Waals surface area contributed by atoms with E-state index in [1.807, 2.05) is 53.3 Å². The van der Waals surface area contributed by atoms with Crippen LogP contribution in [0.15, 0.2) is 70.1 Å².